The van der Waals surface area contributed by atoms with Gasteiger partial charge in [-0.05, 0) is 76.4 Å². The Hall–Kier alpha value is -4.49. The van der Waals surface area contributed by atoms with Crippen LogP contribution < -0.4 is 10.3 Å². The van der Waals surface area contributed by atoms with E-state index >= 15 is 0 Å². The minimum atomic E-state index is -0.278. The molecule has 0 aliphatic carbocycles. The topological polar surface area (TPSA) is 69.6 Å². The van der Waals surface area contributed by atoms with Crippen LogP contribution in [0, 0.1) is 6.92 Å². The summed E-state index contributed by atoms with van der Waals surface area (Å²) in [6.45, 7) is 2.52. The number of hydrogen-bond donors (Lipinski definition) is 0. The zero-order chi connectivity index (χ0) is 26.1. The highest BCUT2D eigenvalue weighted by molar-refractivity contribution is 9.10. The van der Waals surface area contributed by atoms with Gasteiger partial charge in [-0.3, -0.25) is 4.79 Å². The number of benzene rings is 4. The number of rotatable bonds is 6. The van der Waals surface area contributed by atoms with Gasteiger partial charge in [0.15, 0.2) is 5.76 Å². The summed E-state index contributed by atoms with van der Waals surface area (Å²) in [6.07, 6.45) is 1.62. The molecular weight excluding hydrogens is 542 g/mol. The molecule has 0 amide bonds. The summed E-state index contributed by atoms with van der Waals surface area (Å²) in [7, 11) is 0. The third-order valence-corrected chi connectivity index (χ3v) is 6.77. The van der Waals surface area contributed by atoms with Crippen LogP contribution in [0.5, 0.6) is 5.75 Å². The molecule has 0 radical (unpaired) electrons. The lowest BCUT2D eigenvalue weighted by Gasteiger charge is -2.10. The number of halogens is 1. The smallest absolute Gasteiger partial charge is 0.282 e. The molecule has 2 aromatic heterocycles. The minimum absolute atomic E-state index is 0.278. The largest absolute Gasteiger partial charge is 0.488 e. The van der Waals surface area contributed by atoms with Crippen molar-refractivity contribution in [3.63, 3.8) is 0 Å². The number of furan rings is 1. The molecule has 7 heteroatoms. The van der Waals surface area contributed by atoms with Crippen molar-refractivity contribution in [3.8, 4) is 17.3 Å². The highest BCUT2D eigenvalue weighted by Gasteiger charge is 2.16. The van der Waals surface area contributed by atoms with Crippen LogP contribution in [0.4, 0.5) is 0 Å². The fourth-order valence-electron chi connectivity index (χ4n) is 4.28. The predicted molar refractivity (Wildman–Crippen MR) is 154 cm³/mol. The lowest BCUT2D eigenvalue weighted by atomic mass is 10.1. The normalized spacial score (nSPS) is 11.5. The molecule has 0 aliphatic rings. The van der Waals surface area contributed by atoms with E-state index in [2.05, 4.69) is 40.1 Å². The van der Waals surface area contributed by atoms with Gasteiger partial charge in [-0.15, -0.1) is 0 Å². The van der Waals surface area contributed by atoms with E-state index in [0.29, 0.717) is 34.7 Å². The summed E-state index contributed by atoms with van der Waals surface area (Å²) >= 11 is 3.60. The van der Waals surface area contributed by atoms with Crippen molar-refractivity contribution in [1.29, 1.82) is 0 Å². The molecule has 186 valence electrons. The Morgan fingerprint density at radius 1 is 0.974 bits per heavy atom. The van der Waals surface area contributed by atoms with Crippen LogP contribution in [0.3, 0.4) is 0 Å². The Morgan fingerprint density at radius 2 is 1.82 bits per heavy atom. The number of nitrogens with zero attached hydrogens (tertiary/aromatic N) is 3. The molecule has 0 spiro atoms. The van der Waals surface area contributed by atoms with Crippen LogP contribution in [0.2, 0.25) is 0 Å². The summed E-state index contributed by atoms with van der Waals surface area (Å²) in [5.74, 6) is 1.52. The first kappa shape index (κ1) is 23.9. The fraction of sp³-hybridized carbons (Fsp3) is 0.0645. The molecule has 6 aromatic rings. The van der Waals surface area contributed by atoms with Crippen molar-refractivity contribution in [2.24, 2.45) is 5.10 Å². The highest BCUT2D eigenvalue weighted by atomic mass is 79.9. The number of para-hydroxylation sites is 2. The highest BCUT2D eigenvalue weighted by Crippen LogP contribution is 2.28. The van der Waals surface area contributed by atoms with E-state index in [1.807, 2.05) is 78.9 Å². The Labute approximate surface area is 227 Å². The zero-order valence-electron chi connectivity index (χ0n) is 20.5. The van der Waals surface area contributed by atoms with Gasteiger partial charge in [0, 0.05) is 5.39 Å². The summed E-state index contributed by atoms with van der Waals surface area (Å²) in [6, 6.07) is 30.6. The standard InChI is InChI=1S/C31H22BrN3O3/c1-20-7-6-8-22(15-20)19-37-28-14-13-21(16-25(28)32)18-33-35-30(29-17-23-9-2-5-12-27(23)38-29)34-26-11-4-3-10-24(26)31(35)36/h2-18H,19H2,1H3. The summed E-state index contributed by atoms with van der Waals surface area (Å²) in [5.41, 5.74) is 4.10. The summed E-state index contributed by atoms with van der Waals surface area (Å²) in [5, 5.41) is 5.94. The Bertz CT molecular complexity index is 1850. The maximum Gasteiger partial charge on any atom is 0.282 e. The number of aryl methyl sites for hydroxylation is 1. The Morgan fingerprint density at radius 3 is 2.66 bits per heavy atom. The summed E-state index contributed by atoms with van der Waals surface area (Å²) in [4.78, 5) is 18.2. The fourth-order valence-corrected chi connectivity index (χ4v) is 4.80. The Kier molecular flexibility index (Phi) is 6.35. The van der Waals surface area contributed by atoms with E-state index in [1.54, 1.807) is 12.3 Å². The molecule has 6 rings (SSSR count). The van der Waals surface area contributed by atoms with E-state index in [1.165, 1.54) is 10.2 Å². The van der Waals surface area contributed by atoms with Crippen molar-refractivity contribution < 1.29 is 9.15 Å². The minimum Gasteiger partial charge on any atom is -0.488 e. The first-order valence-corrected chi connectivity index (χ1v) is 12.9. The number of fused-ring (bicyclic) bond motifs is 2. The van der Waals surface area contributed by atoms with E-state index in [-0.39, 0.29) is 5.56 Å². The molecule has 2 heterocycles. The van der Waals surface area contributed by atoms with Crippen LogP contribution >= 0.6 is 15.9 Å². The van der Waals surface area contributed by atoms with Crippen LogP contribution in [-0.4, -0.2) is 15.9 Å². The molecular formula is C31H22BrN3O3. The molecule has 0 N–H and O–H groups in total. The van der Waals surface area contributed by atoms with Crippen molar-refractivity contribution >= 4 is 44.0 Å². The van der Waals surface area contributed by atoms with Gasteiger partial charge >= 0.3 is 0 Å². The van der Waals surface area contributed by atoms with Crippen LogP contribution in [0.1, 0.15) is 16.7 Å². The van der Waals surface area contributed by atoms with Crippen molar-refractivity contribution in [2.45, 2.75) is 13.5 Å². The van der Waals surface area contributed by atoms with Crippen molar-refractivity contribution in [3.05, 3.63) is 129 Å². The third kappa shape index (κ3) is 4.76. The van der Waals surface area contributed by atoms with Gasteiger partial charge in [0.2, 0.25) is 5.82 Å². The number of hydrogen-bond acceptors (Lipinski definition) is 5. The molecule has 0 unspecified atom stereocenters. The van der Waals surface area contributed by atoms with Crippen molar-refractivity contribution in [1.82, 2.24) is 9.66 Å². The van der Waals surface area contributed by atoms with Gasteiger partial charge < -0.3 is 9.15 Å². The van der Waals surface area contributed by atoms with Gasteiger partial charge in [-0.2, -0.15) is 9.78 Å². The second-order valence-electron chi connectivity index (χ2n) is 8.93. The zero-order valence-corrected chi connectivity index (χ0v) is 22.1. The molecule has 0 saturated heterocycles. The van der Waals surface area contributed by atoms with E-state index < -0.39 is 0 Å². The first-order valence-electron chi connectivity index (χ1n) is 12.1. The second-order valence-corrected chi connectivity index (χ2v) is 9.78. The van der Waals surface area contributed by atoms with Gasteiger partial charge in [-0.1, -0.05) is 60.2 Å². The molecule has 0 aliphatic heterocycles. The van der Waals surface area contributed by atoms with Gasteiger partial charge in [-0.25, -0.2) is 4.98 Å². The number of aromatic nitrogens is 2. The average molecular weight is 564 g/mol. The monoisotopic (exact) mass is 563 g/mol. The second kappa shape index (κ2) is 10.1. The third-order valence-electron chi connectivity index (χ3n) is 6.15. The van der Waals surface area contributed by atoms with Crippen molar-refractivity contribution in [2.75, 3.05) is 0 Å². The van der Waals surface area contributed by atoms with E-state index in [0.717, 1.165) is 26.7 Å². The molecule has 0 bridgehead atoms. The van der Waals surface area contributed by atoms with E-state index in [9.17, 15) is 4.79 Å². The lowest BCUT2D eigenvalue weighted by Crippen LogP contribution is -2.20. The molecule has 0 atom stereocenters. The Balaban J connectivity index is 1.35. The van der Waals surface area contributed by atoms with E-state index in [4.69, 9.17) is 14.1 Å². The summed E-state index contributed by atoms with van der Waals surface area (Å²) < 4.78 is 14.1. The quantitative estimate of drug-likeness (QED) is 0.199. The molecule has 0 fully saturated rings. The average Bonchev–Trinajstić information content (AvgIpc) is 3.36. The molecule has 0 saturated carbocycles. The molecule has 38 heavy (non-hydrogen) atoms. The van der Waals surface area contributed by atoms with Gasteiger partial charge in [0.25, 0.3) is 5.56 Å². The SMILES string of the molecule is Cc1cccc(COc2ccc(C=Nn3c(-c4cc5ccccc5o4)nc4ccccc4c3=O)cc2Br)c1. The maximum atomic E-state index is 13.5. The first-order chi connectivity index (χ1) is 18.5. The van der Waals surface area contributed by atoms with Crippen LogP contribution in [0.25, 0.3) is 33.5 Å². The number of ether oxygens (including phenoxy) is 1. The van der Waals surface area contributed by atoms with Gasteiger partial charge in [0.05, 0.1) is 21.6 Å². The molecule has 6 nitrogen and oxygen atoms in total. The predicted octanol–water partition coefficient (Wildman–Crippen LogP) is 7.34. The van der Waals surface area contributed by atoms with Crippen LogP contribution in [0.15, 0.2) is 116 Å². The molecule has 4 aromatic carbocycles. The van der Waals surface area contributed by atoms with Crippen LogP contribution in [-0.2, 0) is 6.61 Å². The lowest BCUT2D eigenvalue weighted by molar-refractivity contribution is 0.304. The van der Waals surface area contributed by atoms with Gasteiger partial charge in [0.1, 0.15) is 17.9 Å². The maximum absolute atomic E-state index is 13.5.